The summed E-state index contributed by atoms with van der Waals surface area (Å²) in [5.41, 5.74) is 2.85. The summed E-state index contributed by atoms with van der Waals surface area (Å²) in [5, 5.41) is 193. The number of rotatable bonds is 10. The van der Waals surface area contributed by atoms with E-state index in [4.69, 9.17) is 33.2 Å². The predicted octanol–water partition coefficient (Wildman–Crippen LogP) is -4.84. The van der Waals surface area contributed by atoms with Crippen LogP contribution in [-0.2, 0) is 42.7 Å². The first kappa shape index (κ1) is 79.1. The molecule has 0 aromatic heterocycles. The molecule has 0 spiro atoms. The molecule has 94 heavy (non-hydrogen) atoms. The highest BCUT2D eigenvalue weighted by Crippen LogP contribution is 2.39. The van der Waals surface area contributed by atoms with Crippen LogP contribution in [0.25, 0.3) is 0 Å². The number of ether oxygens (including phenoxy) is 7. The molecular formula is C64H104N4O26. The van der Waals surface area contributed by atoms with Crippen LogP contribution < -0.4 is 10.7 Å². The Kier molecular flexibility index (Phi) is 31.4. The third-order valence-corrected chi connectivity index (χ3v) is 18.1. The second kappa shape index (κ2) is 37.3. The molecule has 30 heteroatoms. The molecule has 0 aliphatic carbocycles. The first-order chi connectivity index (χ1) is 44.4. The first-order valence-corrected chi connectivity index (χ1v) is 32.3. The van der Waals surface area contributed by atoms with Gasteiger partial charge in [0.1, 0.15) is 54.9 Å². The standard InChI is InChI=1S/C64H104N4O26/c1-35-18-16-14-12-10-8-6-7-9-11-13-15-17-19-42(91-61-55(81)51(53(79)38(4)90-61)65-34-64(87)59(84)58(46(76)33-88-64)93-62-57(83)56(82)54(80)48(32-69)92-62)29-47-50(60(85)66-68-24-22-67(5)23-25-68)45(75)31-63(86,94-47)30-41(72)27-44(74)43(73)21-20-39(70)26-40(71)28-49(77)89-37(3)36(2)52(35)78/h6-19,35-48,50-59,61-62,65,69-76,78-84,86-87H,20-34H2,1-5H3,(H,66,85)/t35-,36?,37-,38+,39+,40+,41-,42-,43+,44+,45-,46+,47?,48+,50?,51-,52+,53+,54+,55-,56-,57+,58+,59-,61-,62?,63+,64+/m0/s1. The van der Waals surface area contributed by atoms with Crippen LogP contribution in [0.15, 0.2) is 85.1 Å². The van der Waals surface area contributed by atoms with Crippen LogP contribution in [0.1, 0.15) is 79.1 Å². The molecule has 0 aromatic rings. The third-order valence-electron chi connectivity index (χ3n) is 18.1. The number of piperazine rings is 1. The number of nitrogens with zero attached hydrogens (tertiary/aromatic N) is 2. The fraction of sp³-hybridized carbons (Fsp3) is 0.750. The number of carbonyl (C=O) groups is 2. The van der Waals surface area contributed by atoms with E-state index in [0.29, 0.717) is 26.2 Å². The molecule has 6 heterocycles. The average Bonchev–Trinajstić information content (AvgIpc) is 0.789. The van der Waals surface area contributed by atoms with Crippen molar-refractivity contribution in [3.63, 3.8) is 0 Å². The van der Waals surface area contributed by atoms with Gasteiger partial charge in [-0.05, 0) is 40.2 Å². The summed E-state index contributed by atoms with van der Waals surface area (Å²) in [6.07, 6.45) is -13.6. The minimum atomic E-state index is -2.67. The van der Waals surface area contributed by atoms with Gasteiger partial charge < -0.3 is 130 Å². The lowest BCUT2D eigenvalue weighted by atomic mass is 9.82. The fourth-order valence-electron chi connectivity index (χ4n) is 12.1. The minimum absolute atomic E-state index is 0.153. The Labute approximate surface area is 547 Å². The number of likely N-dealkylation sites (N-methyl/N-ethyl adjacent to an activating group) is 1. The number of esters is 1. The maximum absolute atomic E-state index is 14.4. The molecule has 1 amide bonds. The number of cyclic esters (lactones) is 1. The lowest BCUT2D eigenvalue weighted by Crippen LogP contribution is -2.70. The smallest absolute Gasteiger partial charge is 0.308 e. The third kappa shape index (κ3) is 22.8. The summed E-state index contributed by atoms with van der Waals surface area (Å²) >= 11 is 0. The molecule has 6 aliphatic heterocycles. The highest BCUT2D eigenvalue weighted by atomic mass is 16.7. The van der Waals surface area contributed by atoms with Crippen LogP contribution in [0.4, 0.5) is 0 Å². The van der Waals surface area contributed by atoms with E-state index in [0.717, 1.165) is 0 Å². The number of hydrogen-bond acceptors (Lipinski definition) is 29. The summed E-state index contributed by atoms with van der Waals surface area (Å²) in [7, 11) is 1.92. The second-order valence-corrected chi connectivity index (χ2v) is 25.8. The van der Waals surface area contributed by atoms with Gasteiger partial charge in [-0.2, -0.15) is 0 Å². The summed E-state index contributed by atoms with van der Waals surface area (Å²) in [6, 6.07) is -1.47. The number of allylic oxidation sites excluding steroid dienone is 12. The molecule has 4 unspecified atom stereocenters. The van der Waals surface area contributed by atoms with Crippen molar-refractivity contribution in [2.45, 2.75) is 231 Å². The molecule has 536 valence electrons. The molecule has 6 aliphatic rings. The molecule has 0 radical (unpaired) electrons. The number of aliphatic hydroxyl groups excluding tert-OH is 15. The van der Waals surface area contributed by atoms with Crippen molar-refractivity contribution in [2.24, 2.45) is 17.8 Å². The molecule has 6 rings (SSSR count). The Morgan fingerprint density at radius 1 is 0.617 bits per heavy atom. The van der Waals surface area contributed by atoms with Gasteiger partial charge in [0.2, 0.25) is 11.7 Å². The molecule has 30 nitrogen and oxygen atoms in total. The number of amides is 1. The van der Waals surface area contributed by atoms with Crippen molar-refractivity contribution < 1.29 is 130 Å². The molecular weight excluding hydrogens is 1240 g/mol. The zero-order chi connectivity index (χ0) is 69.2. The topological polar surface area (TPSA) is 473 Å². The molecule has 28 atom stereocenters. The van der Waals surface area contributed by atoms with Crippen molar-refractivity contribution in [2.75, 3.05) is 53.0 Å². The van der Waals surface area contributed by atoms with Gasteiger partial charge in [-0.3, -0.25) is 15.0 Å². The zero-order valence-electron chi connectivity index (χ0n) is 53.9. The molecule has 5 fully saturated rings. The summed E-state index contributed by atoms with van der Waals surface area (Å²) in [4.78, 5) is 29.3. The lowest BCUT2D eigenvalue weighted by Gasteiger charge is -2.48. The minimum Gasteiger partial charge on any atom is -0.462 e. The summed E-state index contributed by atoms with van der Waals surface area (Å²) in [6.45, 7) is 6.32. The number of carbonyl (C=O) groups excluding carboxylic acids is 2. The van der Waals surface area contributed by atoms with E-state index in [1.54, 1.807) is 97.8 Å². The van der Waals surface area contributed by atoms with E-state index in [9.17, 15) is 96.4 Å². The molecule has 0 saturated carbocycles. The molecule has 2 bridgehead atoms. The van der Waals surface area contributed by atoms with Gasteiger partial charge in [0.25, 0.3) is 0 Å². The Morgan fingerprint density at radius 3 is 1.85 bits per heavy atom. The van der Waals surface area contributed by atoms with E-state index in [1.807, 2.05) is 14.0 Å². The summed E-state index contributed by atoms with van der Waals surface area (Å²) < 4.78 is 40.9. The van der Waals surface area contributed by atoms with Crippen molar-refractivity contribution in [3.05, 3.63) is 85.1 Å². The maximum Gasteiger partial charge on any atom is 0.308 e. The van der Waals surface area contributed by atoms with Crippen LogP contribution >= 0.6 is 0 Å². The Balaban J connectivity index is 1.26. The van der Waals surface area contributed by atoms with Gasteiger partial charge in [-0.15, -0.1) is 0 Å². The van der Waals surface area contributed by atoms with Crippen LogP contribution in [0.3, 0.4) is 0 Å². The molecule has 5 saturated heterocycles. The van der Waals surface area contributed by atoms with Crippen molar-refractivity contribution in [3.8, 4) is 0 Å². The van der Waals surface area contributed by atoms with Gasteiger partial charge in [0.05, 0.1) is 105 Å². The van der Waals surface area contributed by atoms with E-state index in [2.05, 4.69) is 15.6 Å². The van der Waals surface area contributed by atoms with Crippen LogP contribution in [-0.4, -0.2) is 314 Å². The van der Waals surface area contributed by atoms with Gasteiger partial charge in [-0.1, -0.05) is 98.9 Å². The predicted molar refractivity (Wildman–Crippen MR) is 332 cm³/mol. The van der Waals surface area contributed by atoms with E-state index in [-0.39, 0.29) is 25.2 Å². The number of nitrogens with one attached hydrogen (secondary N) is 2. The first-order valence-electron chi connectivity index (χ1n) is 32.3. The Hall–Kier alpha value is -3.92. The largest absolute Gasteiger partial charge is 0.462 e. The van der Waals surface area contributed by atoms with Crippen molar-refractivity contribution in [1.82, 2.24) is 20.7 Å². The zero-order valence-corrected chi connectivity index (χ0v) is 53.9. The van der Waals surface area contributed by atoms with Crippen molar-refractivity contribution >= 4 is 11.9 Å². The van der Waals surface area contributed by atoms with E-state index >= 15 is 0 Å². The number of hydrogen-bond donors (Lipinski definition) is 19. The Morgan fingerprint density at radius 2 is 1.22 bits per heavy atom. The number of hydrazine groups is 1. The number of fused-ring (bicyclic) bond motifs is 2. The number of aliphatic hydroxyl groups is 17. The monoisotopic (exact) mass is 1340 g/mol. The maximum atomic E-state index is 14.4. The normalized spacial score (nSPS) is 44.0. The average molecular weight is 1350 g/mol. The quantitative estimate of drug-likeness (QED) is 0.0913. The van der Waals surface area contributed by atoms with Crippen LogP contribution in [0, 0.1) is 17.8 Å². The highest BCUT2D eigenvalue weighted by Gasteiger charge is 2.55. The lowest BCUT2D eigenvalue weighted by molar-refractivity contribution is -0.368. The highest BCUT2D eigenvalue weighted by molar-refractivity contribution is 5.79. The molecule has 0 aromatic carbocycles. The Bertz CT molecular complexity index is 2520. The molecule has 19 N–H and O–H groups in total. The van der Waals surface area contributed by atoms with Gasteiger partial charge in [0.15, 0.2) is 18.4 Å². The van der Waals surface area contributed by atoms with E-state index in [1.165, 1.54) is 13.0 Å². The van der Waals surface area contributed by atoms with Gasteiger partial charge in [0, 0.05) is 63.7 Å². The second-order valence-electron chi connectivity index (χ2n) is 25.8. The fourth-order valence-corrected chi connectivity index (χ4v) is 12.1. The SMILES string of the molecule is CC1[C@H](C)OC(=O)C[C@H](O)C[C@H](O)CC[C@@H](O)[C@H](O)C[C@H](O)C[C@]2(O)C[C@H](O)C(C(=O)NN3CCN(C)CC3)C(C[C@@H](O[C@@H]3O[C@H](C)[C@@H](O)[C@H](NC[C@@]4(O)OC[C@@H](O)[C@@H](OC5O[C@H](CO)[C@@H](O)[C@H](O)[C@H]5O)[C@@H]4O)[C@@H]3O)C=CC=CC=CC=CC=CC=CC=C[C@H](C)[C@H]1O)O2. The van der Waals surface area contributed by atoms with E-state index < -0.39 is 228 Å². The van der Waals surface area contributed by atoms with Crippen molar-refractivity contribution in [1.29, 1.82) is 0 Å². The van der Waals surface area contributed by atoms with Gasteiger partial charge >= 0.3 is 5.97 Å². The van der Waals surface area contributed by atoms with Crippen LogP contribution in [0.2, 0.25) is 0 Å². The van der Waals surface area contributed by atoms with Gasteiger partial charge in [-0.25, -0.2) is 5.01 Å². The van der Waals surface area contributed by atoms with Crippen LogP contribution in [0.5, 0.6) is 0 Å². The summed E-state index contributed by atoms with van der Waals surface area (Å²) in [5.74, 6) is -8.81.